The standard InChI is InChI=1S/C24H22Cl2N6O3/c1-13-11-14(5-6-19(13)31-9-7-15(33)8-10-31)28-23-27-12-16-21(29-23)30-24(35)32(22(16)34)20-17(25)3-2-4-18(20)26/h2-6,11-12,15,33H,7-10H2,1H3,(H2,27,28,29,30,35). The number of nitrogens with zero attached hydrogens (tertiary/aromatic N) is 4. The number of hydrogen-bond acceptors (Lipinski definition) is 7. The monoisotopic (exact) mass is 512 g/mol. The predicted octanol–water partition coefficient (Wildman–Crippen LogP) is 3.79. The van der Waals surface area contributed by atoms with Crippen LogP contribution in [0.5, 0.6) is 0 Å². The van der Waals surface area contributed by atoms with E-state index in [1.54, 1.807) is 18.2 Å². The number of aromatic amines is 1. The number of piperidine rings is 1. The fourth-order valence-electron chi connectivity index (χ4n) is 4.29. The number of fused-ring (bicyclic) bond motifs is 1. The summed E-state index contributed by atoms with van der Waals surface area (Å²) in [5.41, 5.74) is 1.81. The van der Waals surface area contributed by atoms with E-state index in [9.17, 15) is 14.7 Å². The van der Waals surface area contributed by atoms with Gasteiger partial charge >= 0.3 is 5.69 Å². The van der Waals surface area contributed by atoms with Crippen molar-refractivity contribution < 1.29 is 5.11 Å². The quantitative estimate of drug-likeness (QED) is 0.380. The normalized spacial score (nSPS) is 14.5. The summed E-state index contributed by atoms with van der Waals surface area (Å²) < 4.78 is 0.880. The molecule has 0 bridgehead atoms. The molecular formula is C24H22Cl2N6O3. The first-order chi connectivity index (χ1) is 16.8. The largest absolute Gasteiger partial charge is 0.393 e. The van der Waals surface area contributed by atoms with E-state index in [2.05, 4.69) is 25.2 Å². The summed E-state index contributed by atoms with van der Waals surface area (Å²) in [6.45, 7) is 3.65. The van der Waals surface area contributed by atoms with Gasteiger partial charge in [-0.3, -0.25) is 9.78 Å². The molecule has 2 aromatic carbocycles. The summed E-state index contributed by atoms with van der Waals surface area (Å²) in [4.78, 5) is 39.3. The van der Waals surface area contributed by atoms with E-state index in [0.29, 0.717) is 0 Å². The Labute approximate surface area is 210 Å². The number of nitrogens with one attached hydrogen (secondary N) is 2. The molecule has 9 nitrogen and oxygen atoms in total. The van der Waals surface area contributed by atoms with Crippen molar-refractivity contribution in [2.75, 3.05) is 23.3 Å². The van der Waals surface area contributed by atoms with Gasteiger partial charge in [0.1, 0.15) is 5.39 Å². The number of aromatic nitrogens is 4. The van der Waals surface area contributed by atoms with Crippen LogP contribution in [0, 0.1) is 6.92 Å². The molecule has 1 fully saturated rings. The van der Waals surface area contributed by atoms with Gasteiger partial charge in [-0.05, 0) is 55.7 Å². The second-order valence-electron chi connectivity index (χ2n) is 8.44. The second-order valence-corrected chi connectivity index (χ2v) is 9.26. The first kappa shape index (κ1) is 23.3. The third kappa shape index (κ3) is 4.50. The lowest BCUT2D eigenvalue weighted by Crippen LogP contribution is -2.36. The number of rotatable bonds is 4. The summed E-state index contributed by atoms with van der Waals surface area (Å²) in [6, 6.07) is 10.6. The second kappa shape index (κ2) is 9.33. The number of para-hydroxylation sites is 1. The molecule has 35 heavy (non-hydrogen) atoms. The lowest BCUT2D eigenvalue weighted by molar-refractivity contribution is 0.145. The molecule has 5 rings (SSSR count). The molecule has 2 aromatic heterocycles. The maximum absolute atomic E-state index is 13.1. The Morgan fingerprint density at radius 3 is 2.51 bits per heavy atom. The molecule has 1 saturated heterocycles. The van der Waals surface area contributed by atoms with Gasteiger partial charge in [-0.15, -0.1) is 0 Å². The van der Waals surface area contributed by atoms with E-state index in [1.807, 2.05) is 25.1 Å². The Balaban J connectivity index is 1.45. The molecule has 0 saturated carbocycles. The molecule has 0 spiro atoms. The Kier molecular flexibility index (Phi) is 6.22. The number of benzene rings is 2. The molecule has 1 aliphatic rings. The van der Waals surface area contributed by atoms with Crippen LogP contribution >= 0.6 is 23.2 Å². The van der Waals surface area contributed by atoms with Gasteiger partial charge < -0.3 is 15.3 Å². The summed E-state index contributed by atoms with van der Waals surface area (Å²) in [7, 11) is 0. The highest BCUT2D eigenvalue weighted by Crippen LogP contribution is 2.28. The van der Waals surface area contributed by atoms with Gasteiger partial charge in [0.25, 0.3) is 5.56 Å². The smallest absolute Gasteiger partial charge is 0.334 e. The Bertz CT molecular complexity index is 1520. The fraction of sp³-hybridized carbons (Fsp3) is 0.250. The van der Waals surface area contributed by atoms with E-state index in [0.717, 1.165) is 47.4 Å². The van der Waals surface area contributed by atoms with Crippen molar-refractivity contribution in [1.29, 1.82) is 0 Å². The van der Waals surface area contributed by atoms with Crippen molar-refractivity contribution in [3.63, 3.8) is 0 Å². The van der Waals surface area contributed by atoms with Crippen LogP contribution in [-0.4, -0.2) is 43.8 Å². The van der Waals surface area contributed by atoms with Gasteiger partial charge in [0, 0.05) is 30.7 Å². The molecule has 11 heteroatoms. The van der Waals surface area contributed by atoms with Gasteiger partial charge in [0.2, 0.25) is 5.95 Å². The first-order valence-electron chi connectivity index (χ1n) is 11.1. The number of aliphatic hydroxyl groups is 1. The van der Waals surface area contributed by atoms with Crippen molar-refractivity contribution in [3.05, 3.63) is 79.0 Å². The topological polar surface area (TPSA) is 116 Å². The van der Waals surface area contributed by atoms with Crippen LogP contribution in [0.25, 0.3) is 16.7 Å². The zero-order valence-electron chi connectivity index (χ0n) is 18.8. The van der Waals surface area contributed by atoms with Crippen LogP contribution in [-0.2, 0) is 0 Å². The molecular weight excluding hydrogens is 491 g/mol. The maximum Gasteiger partial charge on any atom is 0.334 e. The zero-order valence-corrected chi connectivity index (χ0v) is 20.3. The van der Waals surface area contributed by atoms with Gasteiger partial charge in [-0.1, -0.05) is 29.3 Å². The van der Waals surface area contributed by atoms with Gasteiger partial charge in [-0.2, -0.15) is 4.98 Å². The van der Waals surface area contributed by atoms with Gasteiger partial charge in [-0.25, -0.2) is 14.3 Å². The molecule has 0 unspecified atom stereocenters. The van der Waals surface area contributed by atoms with E-state index in [-0.39, 0.29) is 38.8 Å². The number of halogens is 2. The third-order valence-electron chi connectivity index (χ3n) is 6.07. The number of anilines is 3. The molecule has 180 valence electrons. The zero-order chi connectivity index (χ0) is 24.7. The molecule has 3 heterocycles. The fourth-order valence-corrected chi connectivity index (χ4v) is 4.86. The molecule has 0 atom stereocenters. The third-order valence-corrected chi connectivity index (χ3v) is 6.68. The van der Waals surface area contributed by atoms with Crippen molar-refractivity contribution in [3.8, 4) is 5.69 Å². The lowest BCUT2D eigenvalue weighted by atomic mass is 10.1. The molecule has 0 radical (unpaired) electrons. The molecule has 0 amide bonds. The van der Waals surface area contributed by atoms with Crippen LogP contribution in [0.2, 0.25) is 10.0 Å². The van der Waals surface area contributed by atoms with Crippen LogP contribution in [0.3, 0.4) is 0 Å². The minimum atomic E-state index is -0.714. The highest BCUT2D eigenvalue weighted by molar-refractivity contribution is 6.37. The first-order valence-corrected chi connectivity index (χ1v) is 11.8. The van der Waals surface area contributed by atoms with Gasteiger partial charge in [0.05, 0.1) is 21.8 Å². The van der Waals surface area contributed by atoms with E-state index < -0.39 is 11.2 Å². The summed E-state index contributed by atoms with van der Waals surface area (Å²) in [5.74, 6) is 0.231. The van der Waals surface area contributed by atoms with Gasteiger partial charge in [0.15, 0.2) is 5.65 Å². The molecule has 4 aromatic rings. The number of aryl methyl sites for hydroxylation is 1. The average molecular weight is 513 g/mol. The summed E-state index contributed by atoms with van der Waals surface area (Å²) in [5, 5.41) is 13.3. The van der Waals surface area contributed by atoms with Crippen molar-refractivity contribution >= 4 is 51.6 Å². The molecule has 0 aliphatic carbocycles. The van der Waals surface area contributed by atoms with E-state index in [4.69, 9.17) is 23.2 Å². The Hall–Kier alpha value is -3.40. The van der Waals surface area contributed by atoms with Crippen LogP contribution in [0.4, 0.5) is 17.3 Å². The highest BCUT2D eigenvalue weighted by Gasteiger charge is 2.19. The molecule has 1 aliphatic heterocycles. The Morgan fingerprint density at radius 1 is 1.11 bits per heavy atom. The van der Waals surface area contributed by atoms with E-state index >= 15 is 0 Å². The van der Waals surface area contributed by atoms with E-state index in [1.165, 1.54) is 6.20 Å². The van der Waals surface area contributed by atoms with Crippen LogP contribution < -0.4 is 21.5 Å². The van der Waals surface area contributed by atoms with Crippen molar-refractivity contribution in [2.45, 2.75) is 25.9 Å². The molecule has 3 N–H and O–H groups in total. The number of hydrogen-bond donors (Lipinski definition) is 3. The number of H-pyrrole nitrogens is 1. The lowest BCUT2D eigenvalue weighted by Gasteiger charge is -2.32. The summed E-state index contributed by atoms with van der Waals surface area (Å²) >= 11 is 12.4. The van der Waals surface area contributed by atoms with Crippen molar-refractivity contribution in [1.82, 2.24) is 19.5 Å². The van der Waals surface area contributed by atoms with Crippen LogP contribution in [0.1, 0.15) is 18.4 Å². The van der Waals surface area contributed by atoms with Crippen LogP contribution in [0.15, 0.2) is 52.2 Å². The highest BCUT2D eigenvalue weighted by atomic mass is 35.5. The summed E-state index contributed by atoms with van der Waals surface area (Å²) in [6.07, 6.45) is 2.64. The SMILES string of the molecule is Cc1cc(Nc2ncc3c(=O)n(-c4c(Cl)cccc4Cl)c(=O)[nH]c3n2)ccc1N1CCC(O)CC1. The predicted molar refractivity (Wildman–Crippen MR) is 138 cm³/mol. The number of aliphatic hydroxyl groups excluding tert-OH is 1. The minimum absolute atomic E-state index is 0.0946. The minimum Gasteiger partial charge on any atom is -0.393 e. The Morgan fingerprint density at radius 2 is 1.83 bits per heavy atom. The van der Waals surface area contributed by atoms with Crippen molar-refractivity contribution in [2.24, 2.45) is 0 Å². The maximum atomic E-state index is 13.1. The average Bonchev–Trinajstić information content (AvgIpc) is 2.81.